The zero-order valence-corrected chi connectivity index (χ0v) is 16.0. The second kappa shape index (κ2) is 7.36. The molecule has 7 nitrogen and oxygen atoms in total. The number of aliphatic hydroxyl groups is 1. The lowest BCUT2D eigenvalue weighted by Crippen LogP contribution is -2.03. The van der Waals surface area contributed by atoms with Gasteiger partial charge in [-0.25, -0.2) is 4.98 Å². The highest BCUT2D eigenvalue weighted by molar-refractivity contribution is 5.96. The van der Waals surface area contributed by atoms with Gasteiger partial charge in [-0.2, -0.15) is 5.10 Å². The van der Waals surface area contributed by atoms with Crippen LogP contribution < -0.4 is 4.74 Å². The zero-order valence-electron chi connectivity index (χ0n) is 16.0. The normalized spacial score (nSPS) is 11.1. The van der Waals surface area contributed by atoms with Gasteiger partial charge in [-0.15, -0.1) is 0 Å². The molecule has 0 atom stereocenters. The van der Waals surface area contributed by atoms with Crippen LogP contribution in [0.4, 0.5) is 0 Å². The molecule has 3 heterocycles. The number of hydrogen-bond donors (Lipinski definition) is 1. The Morgan fingerprint density at radius 3 is 2.61 bits per heavy atom. The molecule has 0 aliphatic rings. The highest BCUT2D eigenvalue weighted by atomic mass is 16.5. The molecule has 0 saturated heterocycles. The molecule has 0 spiro atoms. The largest absolute Gasteiger partial charge is 0.490 e. The smallest absolute Gasteiger partial charge is 0.182 e. The monoisotopic (exact) mass is 375 g/mol. The minimum atomic E-state index is -0.0512. The van der Waals surface area contributed by atoms with Gasteiger partial charge < -0.3 is 9.84 Å². The Balaban J connectivity index is 1.96. The van der Waals surface area contributed by atoms with E-state index in [2.05, 4.69) is 15.1 Å². The molecule has 0 aliphatic carbocycles. The molecule has 0 bridgehead atoms. The van der Waals surface area contributed by atoms with Crippen molar-refractivity contribution in [2.45, 2.75) is 13.8 Å². The summed E-state index contributed by atoms with van der Waals surface area (Å²) in [5, 5.41) is 14.6. The van der Waals surface area contributed by atoms with Crippen molar-refractivity contribution in [3.05, 3.63) is 54.1 Å². The minimum absolute atomic E-state index is 0.0512. The van der Waals surface area contributed by atoms with E-state index in [-0.39, 0.29) is 13.2 Å². The number of pyridine rings is 1. The van der Waals surface area contributed by atoms with Crippen molar-refractivity contribution in [2.75, 3.05) is 13.2 Å². The first-order valence-electron chi connectivity index (χ1n) is 9.05. The molecule has 28 heavy (non-hydrogen) atoms. The number of aliphatic hydroxyl groups excluding tert-OH is 1. The average molecular weight is 375 g/mol. The Labute approximate surface area is 162 Å². The zero-order chi connectivity index (χ0) is 19.7. The lowest BCUT2D eigenvalue weighted by molar-refractivity contribution is 0.202. The SMILES string of the molecule is Cc1cnc(-c2cc(-c3ccccc3OCCO)nc3nn(C)c(C)c23)cn1. The van der Waals surface area contributed by atoms with Crippen LogP contribution in [0.15, 0.2) is 42.7 Å². The molecule has 142 valence electrons. The first-order valence-corrected chi connectivity index (χ1v) is 9.05. The predicted molar refractivity (Wildman–Crippen MR) is 107 cm³/mol. The van der Waals surface area contributed by atoms with Crippen LogP contribution in [0.25, 0.3) is 33.5 Å². The van der Waals surface area contributed by atoms with Crippen molar-refractivity contribution >= 4 is 11.0 Å². The fourth-order valence-corrected chi connectivity index (χ4v) is 3.17. The number of rotatable bonds is 5. The van der Waals surface area contributed by atoms with Gasteiger partial charge in [0.05, 0.1) is 35.3 Å². The second-order valence-corrected chi connectivity index (χ2v) is 6.57. The van der Waals surface area contributed by atoms with Crippen LogP contribution in [0, 0.1) is 13.8 Å². The highest BCUT2D eigenvalue weighted by Crippen LogP contribution is 2.35. The molecule has 0 fully saturated rings. The van der Waals surface area contributed by atoms with Crippen molar-refractivity contribution in [3.63, 3.8) is 0 Å². The van der Waals surface area contributed by atoms with Gasteiger partial charge >= 0.3 is 0 Å². The van der Waals surface area contributed by atoms with Crippen molar-refractivity contribution in [1.82, 2.24) is 24.7 Å². The van der Waals surface area contributed by atoms with E-state index < -0.39 is 0 Å². The molecule has 1 aromatic carbocycles. The van der Waals surface area contributed by atoms with Gasteiger partial charge in [0, 0.05) is 30.1 Å². The fourth-order valence-electron chi connectivity index (χ4n) is 3.17. The Morgan fingerprint density at radius 1 is 1.04 bits per heavy atom. The summed E-state index contributed by atoms with van der Waals surface area (Å²) in [5.74, 6) is 0.664. The number of nitrogens with zero attached hydrogens (tertiary/aromatic N) is 5. The Kier molecular flexibility index (Phi) is 4.75. The van der Waals surface area contributed by atoms with Crippen LogP contribution in [-0.2, 0) is 7.05 Å². The number of para-hydroxylation sites is 1. The summed E-state index contributed by atoms with van der Waals surface area (Å²) in [6.45, 7) is 4.09. The molecule has 0 saturated carbocycles. The molecule has 0 radical (unpaired) electrons. The van der Waals surface area contributed by atoms with Gasteiger partial charge in [0.25, 0.3) is 0 Å². The van der Waals surface area contributed by atoms with Crippen LogP contribution >= 0.6 is 0 Å². The van der Waals surface area contributed by atoms with Crippen molar-refractivity contribution < 1.29 is 9.84 Å². The van der Waals surface area contributed by atoms with Gasteiger partial charge in [-0.3, -0.25) is 14.6 Å². The Hall–Kier alpha value is -3.32. The van der Waals surface area contributed by atoms with E-state index >= 15 is 0 Å². The second-order valence-electron chi connectivity index (χ2n) is 6.57. The predicted octanol–water partition coefficient (Wildman–Crippen LogP) is 3.08. The van der Waals surface area contributed by atoms with E-state index in [0.717, 1.165) is 39.3 Å². The van der Waals surface area contributed by atoms with Crippen LogP contribution in [-0.4, -0.2) is 43.1 Å². The third-order valence-corrected chi connectivity index (χ3v) is 4.66. The Morgan fingerprint density at radius 2 is 1.86 bits per heavy atom. The molecule has 1 N–H and O–H groups in total. The van der Waals surface area contributed by atoms with Gasteiger partial charge in [0.15, 0.2) is 5.65 Å². The van der Waals surface area contributed by atoms with E-state index in [1.165, 1.54) is 0 Å². The third-order valence-electron chi connectivity index (χ3n) is 4.66. The summed E-state index contributed by atoms with van der Waals surface area (Å²) in [5.41, 5.74) is 5.78. The molecular formula is C21H21N5O2. The van der Waals surface area contributed by atoms with Crippen LogP contribution in [0.2, 0.25) is 0 Å². The lowest BCUT2D eigenvalue weighted by atomic mass is 10.0. The number of ether oxygens (including phenoxy) is 1. The number of aromatic nitrogens is 5. The highest BCUT2D eigenvalue weighted by Gasteiger charge is 2.18. The van der Waals surface area contributed by atoms with E-state index in [9.17, 15) is 0 Å². The maximum atomic E-state index is 9.11. The molecular weight excluding hydrogens is 354 g/mol. The maximum absolute atomic E-state index is 9.11. The van der Waals surface area contributed by atoms with Crippen LogP contribution in [0.3, 0.4) is 0 Å². The molecule has 4 rings (SSSR count). The third kappa shape index (κ3) is 3.20. The fraction of sp³-hybridized carbons (Fsp3) is 0.238. The number of benzene rings is 1. The molecule has 0 amide bonds. The molecule has 3 aromatic heterocycles. The minimum Gasteiger partial charge on any atom is -0.490 e. The average Bonchev–Trinajstić information content (AvgIpc) is 3.00. The number of aryl methyl sites for hydroxylation is 3. The number of hydrogen-bond acceptors (Lipinski definition) is 6. The van der Waals surface area contributed by atoms with E-state index in [4.69, 9.17) is 14.8 Å². The van der Waals surface area contributed by atoms with Crippen LogP contribution in [0.1, 0.15) is 11.4 Å². The molecule has 0 unspecified atom stereocenters. The van der Waals surface area contributed by atoms with Gasteiger partial charge in [0.2, 0.25) is 0 Å². The van der Waals surface area contributed by atoms with Crippen molar-refractivity contribution in [1.29, 1.82) is 0 Å². The standard InChI is InChI=1S/C21H21N5O2/c1-13-11-23-18(12-22-13)16-10-17(24-21-20(16)14(2)26(3)25-21)15-6-4-5-7-19(15)28-9-8-27/h4-7,10-12,27H,8-9H2,1-3H3. The van der Waals surface area contributed by atoms with Gasteiger partial charge in [-0.05, 0) is 32.0 Å². The van der Waals surface area contributed by atoms with Crippen molar-refractivity contribution in [2.24, 2.45) is 7.05 Å². The molecule has 4 aromatic rings. The molecule has 7 heteroatoms. The Bertz CT molecular complexity index is 1140. The van der Waals surface area contributed by atoms with Gasteiger partial charge in [0.1, 0.15) is 12.4 Å². The summed E-state index contributed by atoms with van der Waals surface area (Å²) in [6, 6.07) is 9.64. The van der Waals surface area contributed by atoms with Crippen LogP contribution in [0.5, 0.6) is 5.75 Å². The van der Waals surface area contributed by atoms with Crippen molar-refractivity contribution in [3.8, 4) is 28.3 Å². The molecule has 0 aliphatic heterocycles. The topological polar surface area (TPSA) is 86.0 Å². The first kappa shape index (κ1) is 18.1. The van der Waals surface area contributed by atoms with E-state index in [0.29, 0.717) is 11.4 Å². The maximum Gasteiger partial charge on any atom is 0.182 e. The van der Waals surface area contributed by atoms with E-state index in [1.807, 2.05) is 55.9 Å². The van der Waals surface area contributed by atoms with E-state index in [1.54, 1.807) is 12.4 Å². The summed E-state index contributed by atoms with van der Waals surface area (Å²) in [6.07, 6.45) is 3.53. The number of fused-ring (bicyclic) bond motifs is 1. The van der Waals surface area contributed by atoms with Gasteiger partial charge in [-0.1, -0.05) is 12.1 Å². The summed E-state index contributed by atoms with van der Waals surface area (Å²) in [4.78, 5) is 13.7. The quantitative estimate of drug-likeness (QED) is 0.577. The summed E-state index contributed by atoms with van der Waals surface area (Å²) in [7, 11) is 1.90. The summed E-state index contributed by atoms with van der Waals surface area (Å²) >= 11 is 0. The summed E-state index contributed by atoms with van der Waals surface area (Å²) < 4.78 is 7.52. The lowest BCUT2D eigenvalue weighted by Gasteiger charge is -2.12. The first-order chi connectivity index (χ1) is 13.6.